The van der Waals surface area contributed by atoms with Crippen LogP contribution < -0.4 is 0 Å². The highest BCUT2D eigenvalue weighted by molar-refractivity contribution is 9.10. The molecule has 6 heteroatoms. The van der Waals surface area contributed by atoms with Crippen LogP contribution in [0.1, 0.15) is 20.8 Å². The minimum atomic E-state index is -0.666. The van der Waals surface area contributed by atoms with E-state index in [1.54, 1.807) is 20.8 Å². The Bertz CT molecular complexity index is 372. The van der Waals surface area contributed by atoms with Gasteiger partial charge in [0.25, 0.3) is 0 Å². The van der Waals surface area contributed by atoms with E-state index in [4.69, 9.17) is 9.47 Å². The highest BCUT2D eigenvalue weighted by Gasteiger charge is 2.26. The molecular formula is C14H25BrNO4+. The molecular weight excluding hydrogens is 326 g/mol. The number of nitrogens with zero attached hydrogens (tertiary/aromatic N) is 1. The second-order valence-corrected chi connectivity index (χ2v) is 7.89. The molecule has 0 spiro atoms. The fraction of sp³-hybridized carbons (Fsp3) is 0.714. The van der Waals surface area contributed by atoms with E-state index in [0.29, 0.717) is 36.4 Å². The number of quaternary nitrogens is 1. The number of halogens is 1. The normalized spacial score (nSPS) is 11.9. The first kappa shape index (κ1) is 19.1. The van der Waals surface area contributed by atoms with Crippen LogP contribution in [0.2, 0.25) is 0 Å². The van der Waals surface area contributed by atoms with Gasteiger partial charge in [-0.3, -0.25) is 4.79 Å². The molecule has 0 aliphatic carbocycles. The predicted octanol–water partition coefficient (Wildman–Crippen LogP) is 1.90. The maximum absolute atomic E-state index is 11.6. The number of likely N-dealkylation sites (N-methyl/N-ethyl adjacent to an activating group) is 1. The van der Waals surface area contributed by atoms with Crippen molar-refractivity contribution in [3.05, 3.63) is 12.2 Å². The van der Waals surface area contributed by atoms with Crippen molar-refractivity contribution < 1.29 is 23.5 Å². The molecule has 5 nitrogen and oxygen atoms in total. The van der Waals surface area contributed by atoms with Crippen LogP contribution in [-0.2, 0) is 19.1 Å². The molecule has 0 saturated heterocycles. The third kappa shape index (κ3) is 8.32. The van der Waals surface area contributed by atoms with E-state index in [2.05, 4.69) is 22.5 Å². The highest BCUT2D eigenvalue weighted by Crippen LogP contribution is 2.17. The van der Waals surface area contributed by atoms with Crippen molar-refractivity contribution in [1.82, 2.24) is 0 Å². The molecule has 0 unspecified atom stereocenters. The topological polar surface area (TPSA) is 52.6 Å². The van der Waals surface area contributed by atoms with Gasteiger partial charge in [-0.2, -0.15) is 0 Å². The second-order valence-electron chi connectivity index (χ2n) is 5.91. The average molecular weight is 351 g/mol. The Labute approximate surface area is 129 Å². The van der Waals surface area contributed by atoms with Gasteiger partial charge in [0, 0.05) is 5.57 Å². The van der Waals surface area contributed by atoms with E-state index in [9.17, 15) is 9.59 Å². The number of ether oxygens (including phenoxy) is 2. The Morgan fingerprint density at radius 3 is 2.00 bits per heavy atom. The maximum Gasteiger partial charge on any atom is 0.333 e. The van der Waals surface area contributed by atoms with E-state index in [-0.39, 0.29) is 11.9 Å². The minimum Gasteiger partial charge on any atom is -0.459 e. The molecule has 0 aliphatic rings. The van der Waals surface area contributed by atoms with Crippen molar-refractivity contribution in [1.29, 1.82) is 0 Å². The molecule has 0 aromatic rings. The van der Waals surface area contributed by atoms with Crippen LogP contribution in [0.4, 0.5) is 0 Å². The van der Waals surface area contributed by atoms with Crippen LogP contribution in [0, 0.1) is 0 Å². The number of hydrogen-bond donors (Lipinski definition) is 0. The van der Waals surface area contributed by atoms with Crippen molar-refractivity contribution >= 4 is 27.9 Å². The first-order valence-corrected chi connectivity index (χ1v) is 7.26. The Morgan fingerprint density at radius 1 is 1.15 bits per heavy atom. The number of hydrogen-bond acceptors (Lipinski definition) is 4. The summed E-state index contributed by atoms with van der Waals surface area (Å²) in [5, 5.41) is 0. The van der Waals surface area contributed by atoms with Crippen LogP contribution >= 0.6 is 15.9 Å². The van der Waals surface area contributed by atoms with Gasteiger partial charge < -0.3 is 14.0 Å². The molecule has 0 heterocycles. The molecule has 0 saturated carbocycles. The molecule has 0 fully saturated rings. The summed E-state index contributed by atoms with van der Waals surface area (Å²) in [6.07, 6.45) is 0. The van der Waals surface area contributed by atoms with Gasteiger partial charge in [0.15, 0.2) is 0 Å². The zero-order valence-electron chi connectivity index (χ0n) is 13.0. The van der Waals surface area contributed by atoms with Crippen LogP contribution in [0.25, 0.3) is 0 Å². The summed E-state index contributed by atoms with van der Waals surface area (Å²) in [5.74, 6) is -0.663. The standard InChI is InChI=1S/C14H25BrNO4/c1-11(2)12(17)19-9-7-16(5,6)8-10-20-13(18)14(3,4)15/h1,7-10H2,2-6H3/q+1. The summed E-state index contributed by atoms with van der Waals surface area (Å²) in [4.78, 5) is 22.8. The number of alkyl halides is 1. The first-order valence-electron chi connectivity index (χ1n) is 6.46. The van der Waals surface area contributed by atoms with Crippen molar-refractivity contribution in [3.63, 3.8) is 0 Å². The summed E-state index contributed by atoms with van der Waals surface area (Å²) >= 11 is 3.25. The van der Waals surface area contributed by atoms with Crippen molar-refractivity contribution in [2.24, 2.45) is 0 Å². The Morgan fingerprint density at radius 2 is 1.60 bits per heavy atom. The molecule has 0 amide bonds. The minimum absolute atomic E-state index is 0.286. The van der Waals surface area contributed by atoms with Gasteiger partial charge in [-0.25, -0.2) is 4.79 Å². The Balaban J connectivity index is 3.99. The number of carbonyl (C=O) groups is 2. The Hall–Kier alpha value is -0.880. The van der Waals surface area contributed by atoms with E-state index < -0.39 is 4.32 Å². The zero-order chi connectivity index (χ0) is 16.0. The van der Waals surface area contributed by atoms with Crippen LogP contribution in [-0.4, -0.2) is 61.1 Å². The fourth-order valence-electron chi connectivity index (χ4n) is 1.18. The third-order valence-corrected chi connectivity index (χ3v) is 3.02. The van der Waals surface area contributed by atoms with E-state index >= 15 is 0 Å². The molecule has 0 atom stereocenters. The largest absolute Gasteiger partial charge is 0.459 e. The lowest BCUT2D eigenvalue weighted by molar-refractivity contribution is -0.890. The summed E-state index contributed by atoms with van der Waals surface area (Å²) in [6.45, 7) is 10.6. The quantitative estimate of drug-likeness (QED) is 0.290. The average Bonchev–Trinajstić information content (AvgIpc) is 2.26. The molecule has 0 aromatic heterocycles. The number of rotatable bonds is 8. The van der Waals surface area contributed by atoms with E-state index in [1.807, 2.05) is 14.1 Å². The number of esters is 2. The SMILES string of the molecule is C=C(C)C(=O)OCC[N+](C)(C)CCOC(=O)C(C)(C)Br. The zero-order valence-corrected chi connectivity index (χ0v) is 14.6. The van der Waals surface area contributed by atoms with Crippen LogP contribution in [0.3, 0.4) is 0 Å². The molecule has 0 aromatic carbocycles. The fourth-order valence-corrected chi connectivity index (χ4v) is 1.29. The van der Waals surface area contributed by atoms with Gasteiger partial charge >= 0.3 is 11.9 Å². The van der Waals surface area contributed by atoms with Crippen molar-refractivity contribution in [2.45, 2.75) is 25.1 Å². The summed E-state index contributed by atoms with van der Waals surface area (Å²) in [6, 6.07) is 0. The smallest absolute Gasteiger partial charge is 0.333 e. The maximum atomic E-state index is 11.6. The summed E-state index contributed by atoms with van der Waals surface area (Å²) in [5.41, 5.74) is 0.392. The summed E-state index contributed by atoms with van der Waals surface area (Å²) in [7, 11) is 3.98. The van der Waals surface area contributed by atoms with Crippen molar-refractivity contribution in [2.75, 3.05) is 40.4 Å². The second kappa shape index (κ2) is 7.78. The number of carbonyl (C=O) groups excluding carboxylic acids is 2. The van der Waals surface area contributed by atoms with Crippen LogP contribution in [0.15, 0.2) is 12.2 Å². The molecule has 0 aliphatic heterocycles. The van der Waals surface area contributed by atoms with Crippen LogP contribution in [0.5, 0.6) is 0 Å². The molecule has 20 heavy (non-hydrogen) atoms. The lowest BCUT2D eigenvalue weighted by Crippen LogP contribution is -2.45. The van der Waals surface area contributed by atoms with E-state index in [1.165, 1.54) is 0 Å². The molecule has 116 valence electrons. The molecule has 0 rings (SSSR count). The van der Waals surface area contributed by atoms with Gasteiger partial charge in [-0.15, -0.1) is 0 Å². The lowest BCUT2D eigenvalue weighted by atomic mass is 10.2. The Kier molecular flexibility index (Phi) is 7.44. The van der Waals surface area contributed by atoms with Crippen molar-refractivity contribution in [3.8, 4) is 0 Å². The van der Waals surface area contributed by atoms with Gasteiger partial charge in [0.05, 0.1) is 14.1 Å². The van der Waals surface area contributed by atoms with Gasteiger partial charge in [-0.05, 0) is 20.8 Å². The molecule has 0 N–H and O–H groups in total. The predicted molar refractivity (Wildman–Crippen MR) is 81.6 cm³/mol. The monoisotopic (exact) mass is 350 g/mol. The third-order valence-electron chi connectivity index (χ3n) is 2.69. The highest BCUT2D eigenvalue weighted by atomic mass is 79.9. The first-order chi connectivity index (χ1) is 8.96. The van der Waals surface area contributed by atoms with Gasteiger partial charge in [0.1, 0.15) is 30.6 Å². The molecule has 0 radical (unpaired) electrons. The van der Waals surface area contributed by atoms with Gasteiger partial charge in [0.2, 0.25) is 0 Å². The lowest BCUT2D eigenvalue weighted by Gasteiger charge is -2.29. The van der Waals surface area contributed by atoms with Gasteiger partial charge in [-0.1, -0.05) is 22.5 Å². The summed E-state index contributed by atoms with van der Waals surface area (Å²) < 4.78 is 10.2. The van der Waals surface area contributed by atoms with E-state index in [0.717, 1.165) is 0 Å². The molecule has 0 bridgehead atoms.